The number of ether oxygens (including phenoxy) is 1. The van der Waals surface area contributed by atoms with Crippen LogP contribution in [0.15, 0.2) is 18.2 Å². The van der Waals surface area contributed by atoms with Crippen LogP contribution in [0.5, 0.6) is 0 Å². The summed E-state index contributed by atoms with van der Waals surface area (Å²) in [6.07, 6.45) is 1.88. The number of hydrogen-bond acceptors (Lipinski definition) is 3. The van der Waals surface area contributed by atoms with Crippen molar-refractivity contribution >= 4 is 11.6 Å². The molecule has 1 atom stereocenters. The van der Waals surface area contributed by atoms with Gasteiger partial charge in [-0.25, -0.2) is 0 Å². The van der Waals surface area contributed by atoms with Crippen LogP contribution in [0.3, 0.4) is 0 Å². The maximum atomic E-state index is 12.2. The molecule has 1 N–H and O–H groups in total. The van der Waals surface area contributed by atoms with Crippen LogP contribution in [0.2, 0.25) is 0 Å². The minimum absolute atomic E-state index is 0.0922. The molecule has 0 saturated heterocycles. The lowest BCUT2D eigenvalue weighted by Gasteiger charge is -2.26. The highest BCUT2D eigenvalue weighted by Gasteiger charge is 2.27. The Morgan fingerprint density at radius 3 is 3.05 bits per heavy atom. The van der Waals surface area contributed by atoms with Crippen molar-refractivity contribution in [3.63, 3.8) is 0 Å². The summed E-state index contributed by atoms with van der Waals surface area (Å²) in [4.78, 5) is 14.4. The first-order valence-electron chi connectivity index (χ1n) is 7.26. The molecule has 0 saturated carbocycles. The molecule has 0 radical (unpaired) electrons. The van der Waals surface area contributed by atoms with Gasteiger partial charge in [0, 0.05) is 32.5 Å². The predicted molar refractivity (Wildman–Crippen MR) is 81.2 cm³/mol. The third-order valence-corrected chi connectivity index (χ3v) is 3.84. The molecule has 1 aliphatic heterocycles. The summed E-state index contributed by atoms with van der Waals surface area (Å²) in [5.74, 6) is 0.0922. The second kappa shape index (κ2) is 6.75. The van der Waals surface area contributed by atoms with Crippen molar-refractivity contribution in [1.82, 2.24) is 5.32 Å². The summed E-state index contributed by atoms with van der Waals surface area (Å²) >= 11 is 0. The Morgan fingerprint density at radius 2 is 2.30 bits per heavy atom. The number of nitrogens with one attached hydrogen (secondary N) is 1. The molecule has 2 rings (SSSR count). The monoisotopic (exact) mass is 276 g/mol. The number of nitrogens with zero attached hydrogens (tertiary/aromatic N) is 1. The molecule has 0 aromatic heterocycles. The summed E-state index contributed by atoms with van der Waals surface area (Å²) in [6, 6.07) is 6.34. The van der Waals surface area contributed by atoms with Gasteiger partial charge in [0.05, 0.1) is 0 Å². The lowest BCUT2D eigenvalue weighted by atomic mass is 10.1. The fourth-order valence-electron chi connectivity index (χ4n) is 2.68. The van der Waals surface area contributed by atoms with Gasteiger partial charge in [-0.2, -0.15) is 0 Å². The summed E-state index contributed by atoms with van der Waals surface area (Å²) in [6.45, 7) is 6.35. The maximum Gasteiger partial charge on any atom is 0.242 e. The summed E-state index contributed by atoms with van der Waals surface area (Å²) in [5, 5.41) is 2.98. The molecule has 1 aromatic carbocycles. The van der Waals surface area contributed by atoms with E-state index in [1.54, 1.807) is 7.11 Å². The number of rotatable bonds is 6. The Morgan fingerprint density at radius 1 is 1.50 bits per heavy atom. The Kier molecular flexibility index (Phi) is 5.01. The molecule has 110 valence electrons. The zero-order chi connectivity index (χ0) is 14.5. The van der Waals surface area contributed by atoms with Gasteiger partial charge >= 0.3 is 0 Å². The molecular formula is C16H24N2O2. The van der Waals surface area contributed by atoms with E-state index in [0.717, 1.165) is 19.4 Å². The highest BCUT2D eigenvalue weighted by Crippen LogP contribution is 2.30. The van der Waals surface area contributed by atoms with E-state index in [1.807, 2.05) is 6.92 Å². The number of amides is 1. The smallest absolute Gasteiger partial charge is 0.242 e. The van der Waals surface area contributed by atoms with Crippen molar-refractivity contribution in [3.8, 4) is 0 Å². The maximum absolute atomic E-state index is 12.2. The average molecular weight is 276 g/mol. The molecule has 1 amide bonds. The lowest BCUT2D eigenvalue weighted by Crippen LogP contribution is -2.45. The number of carbonyl (C=O) groups is 1. The third kappa shape index (κ3) is 3.31. The first-order chi connectivity index (χ1) is 9.63. The van der Waals surface area contributed by atoms with E-state index in [9.17, 15) is 4.79 Å². The summed E-state index contributed by atoms with van der Waals surface area (Å²) < 4.78 is 4.98. The normalized spacial score (nSPS) is 15.1. The highest BCUT2D eigenvalue weighted by atomic mass is 16.5. The molecule has 0 unspecified atom stereocenters. The Bertz CT molecular complexity index is 474. The number of anilines is 1. The third-order valence-electron chi connectivity index (χ3n) is 3.84. The summed E-state index contributed by atoms with van der Waals surface area (Å²) in [5.41, 5.74) is 3.83. The zero-order valence-corrected chi connectivity index (χ0v) is 12.6. The molecule has 1 heterocycles. The van der Waals surface area contributed by atoms with Gasteiger partial charge in [0.15, 0.2) is 0 Å². The fourth-order valence-corrected chi connectivity index (χ4v) is 2.68. The van der Waals surface area contributed by atoms with Gasteiger partial charge in [0.1, 0.15) is 6.04 Å². The van der Waals surface area contributed by atoms with E-state index in [0.29, 0.717) is 13.2 Å². The number of hydrogen-bond donors (Lipinski definition) is 1. The predicted octanol–water partition coefficient (Wildman–Crippen LogP) is 1.90. The molecular weight excluding hydrogens is 252 g/mol. The van der Waals surface area contributed by atoms with Crippen molar-refractivity contribution < 1.29 is 9.53 Å². The standard InChI is InChI=1S/C16H24N2O2/c1-12-5-6-15-14(11-12)7-9-18(15)13(2)16(19)17-8-4-10-20-3/h5-6,11,13H,4,7-10H2,1-3H3,(H,17,19)/t13-/m0/s1. The molecule has 1 aliphatic rings. The minimum atomic E-state index is -0.124. The van der Waals surface area contributed by atoms with Crippen LogP contribution in [0.1, 0.15) is 24.5 Å². The number of fused-ring (bicyclic) bond motifs is 1. The molecule has 0 aliphatic carbocycles. The van der Waals surface area contributed by atoms with E-state index in [4.69, 9.17) is 4.74 Å². The van der Waals surface area contributed by atoms with Crippen LogP contribution in [0.25, 0.3) is 0 Å². The van der Waals surface area contributed by atoms with Crippen LogP contribution in [0, 0.1) is 6.92 Å². The van der Waals surface area contributed by atoms with Gasteiger partial charge < -0.3 is 15.0 Å². The molecule has 20 heavy (non-hydrogen) atoms. The van der Waals surface area contributed by atoms with Crippen LogP contribution < -0.4 is 10.2 Å². The Balaban J connectivity index is 1.94. The zero-order valence-electron chi connectivity index (χ0n) is 12.6. The van der Waals surface area contributed by atoms with Crippen LogP contribution in [-0.2, 0) is 16.0 Å². The van der Waals surface area contributed by atoms with Crippen LogP contribution in [0.4, 0.5) is 5.69 Å². The van der Waals surface area contributed by atoms with Crippen LogP contribution >= 0.6 is 0 Å². The molecule has 0 fully saturated rings. The van der Waals surface area contributed by atoms with E-state index < -0.39 is 0 Å². The lowest BCUT2D eigenvalue weighted by molar-refractivity contribution is -0.122. The first-order valence-corrected chi connectivity index (χ1v) is 7.26. The molecule has 0 spiro atoms. The van der Waals surface area contributed by atoms with E-state index >= 15 is 0 Å². The molecule has 4 nitrogen and oxygen atoms in total. The Hall–Kier alpha value is -1.55. The van der Waals surface area contributed by atoms with E-state index in [2.05, 4.69) is 35.3 Å². The quantitative estimate of drug-likeness (QED) is 0.807. The fraction of sp³-hybridized carbons (Fsp3) is 0.562. The molecule has 0 bridgehead atoms. The van der Waals surface area contributed by atoms with Crippen molar-refractivity contribution in [2.45, 2.75) is 32.7 Å². The second-order valence-corrected chi connectivity index (χ2v) is 5.39. The summed E-state index contributed by atoms with van der Waals surface area (Å²) in [7, 11) is 1.67. The minimum Gasteiger partial charge on any atom is -0.385 e. The van der Waals surface area contributed by atoms with Crippen molar-refractivity contribution in [2.24, 2.45) is 0 Å². The molecule has 1 aromatic rings. The van der Waals surface area contributed by atoms with Gasteiger partial charge in [-0.15, -0.1) is 0 Å². The number of benzene rings is 1. The van der Waals surface area contributed by atoms with E-state index in [1.165, 1.54) is 16.8 Å². The number of methoxy groups -OCH3 is 1. The topological polar surface area (TPSA) is 41.6 Å². The van der Waals surface area contributed by atoms with E-state index in [-0.39, 0.29) is 11.9 Å². The van der Waals surface area contributed by atoms with Gasteiger partial charge in [-0.3, -0.25) is 4.79 Å². The van der Waals surface area contributed by atoms with Crippen LogP contribution in [-0.4, -0.2) is 38.8 Å². The van der Waals surface area contributed by atoms with Crippen molar-refractivity contribution in [3.05, 3.63) is 29.3 Å². The molecule has 4 heteroatoms. The SMILES string of the molecule is COCCCNC(=O)[C@H](C)N1CCc2cc(C)ccc21. The largest absolute Gasteiger partial charge is 0.385 e. The Labute approximate surface area is 121 Å². The second-order valence-electron chi connectivity index (χ2n) is 5.39. The average Bonchev–Trinajstić information content (AvgIpc) is 2.85. The van der Waals surface area contributed by atoms with Gasteiger partial charge in [-0.1, -0.05) is 17.7 Å². The highest BCUT2D eigenvalue weighted by molar-refractivity contribution is 5.85. The van der Waals surface area contributed by atoms with Gasteiger partial charge in [-0.05, 0) is 38.3 Å². The van der Waals surface area contributed by atoms with Gasteiger partial charge in [0.25, 0.3) is 0 Å². The first kappa shape index (κ1) is 14.9. The van der Waals surface area contributed by atoms with Crippen molar-refractivity contribution in [1.29, 1.82) is 0 Å². The van der Waals surface area contributed by atoms with Crippen molar-refractivity contribution in [2.75, 3.05) is 31.7 Å². The number of aryl methyl sites for hydroxylation is 1. The number of carbonyl (C=O) groups excluding carboxylic acids is 1. The van der Waals surface area contributed by atoms with Gasteiger partial charge in [0.2, 0.25) is 5.91 Å².